The molecule has 1 heterocycles. The number of fused-ring (bicyclic) bond motifs is 1. The van der Waals surface area contributed by atoms with Gasteiger partial charge in [0.1, 0.15) is 5.75 Å². The maximum atomic E-state index is 12.2. The number of hydrogen-bond acceptors (Lipinski definition) is 7. The van der Waals surface area contributed by atoms with Crippen molar-refractivity contribution in [2.75, 3.05) is 5.75 Å². The molecule has 0 spiro atoms. The maximum absolute atomic E-state index is 12.2. The Bertz CT molecular complexity index is 1230. The number of ether oxygens (including phenoxy) is 1. The van der Waals surface area contributed by atoms with Crippen LogP contribution in [0.5, 0.6) is 5.75 Å². The van der Waals surface area contributed by atoms with E-state index >= 15 is 0 Å². The number of nitrogens with one attached hydrogen (secondary N) is 1. The van der Waals surface area contributed by atoms with Crippen molar-refractivity contribution in [3.8, 4) is 5.75 Å². The summed E-state index contributed by atoms with van der Waals surface area (Å²) >= 11 is 2.94. The van der Waals surface area contributed by atoms with Gasteiger partial charge >= 0.3 is 5.97 Å². The van der Waals surface area contributed by atoms with E-state index in [1.54, 1.807) is 47.7 Å². The summed E-state index contributed by atoms with van der Waals surface area (Å²) in [6.07, 6.45) is 1.53. The van der Waals surface area contributed by atoms with Gasteiger partial charge in [0.15, 0.2) is 4.34 Å². The predicted molar refractivity (Wildman–Crippen MR) is 129 cm³/mol. The average molecular weight is 462 g/mol. The van der Waals surface area contributed by atoms with Gasteiger partial charge in [-0.1, -0.05) is 41.6 Å². The van der Waals surface area contributed by atoms with E-state index in [4.69, 9.17) is 4.74 Å². The second-order valence-corrected chi connectivity index (χ2v) is 9.11. The minimum Gasteiger partial charge on any atom is -0.423 e. The third kappa shape index (κ3) is 5.81. The molecule has 0 atom stereocenters. The number of amides is 1. The lowest BCUT2D eigenvalue weighted by Crippen LogP contribution is -2.19. The molecule has 0 unspecified atom stereocenters. The van der Waals surface area contributed by atoms with E-state index in [2.05, 4.69) is 15.5 Å². The molecule has 8 heteroatoms. The fourth-order valence-electron chi connectivity index (χ4n) is 2.73. The number of thiazole rings is 1. The average Bonchev–Trinajstić information content (AvgIpc) is 3.22. The zero-order chi connectivity index (χ0) is 22.3. The number of hydrazone groups is 1. The molecule has 3 aromatic carbocycles. The molecular formula is C24H19N3O3S2. The third-order valence-corrected chi connectivity index (χ3v) is 6.56. The van der Waals surface area contributed by atoms with Crippen LogP contribution < -0.4 is 10.2 Å². The van der Waals surface area contributed by atoms with Crippen molar-refractivity contribution in [2.24, 2.45) is 5.10 Å². The highest BCUT2D eigenvalue weighted by atomic mass is 32.2. The van der Waals surface area contributed by atoms with Gasteiger partial charge in [-0.05, 0) is 61.0 Å². The number of aromatic nitrogens is 1. The lowest BCUT2D eigenvalue weighted by molar-refractivity contribution is -0.118. The van der Waals surface area contributed by atoms with Crippen LogP contribution in [0, 0.1) is 6.92 Å². The van der Waals surface area contributed by atoms with Crippen LogP contribution in [0.15, 0.2) is 82.2 Å². The summed E-state index contributed by atoms with van der Waals surface area (Å²) in [5.41, 5.74) is 5.78. The SMILES string of the molecule is Cc1ccc(C(=O)Oc2ccc(/C=N\NC(=O)CSc3nc4ccccc4s3)cc2)cc1. The molecule has 1 N–H and O–H groups in total. The molecule has 160 valence electrons. The van der Waals surface area contributed by atoms with Gasteiger partial charge in [-0.2, -0.15) is 5.10 Å². The molecule has 1 amide bonds. The highest BCUT2D eigenvalue weighted by Gasteiger charge is 2.09. The van der Waals surface area contributed by atoms with E-state index in [0.29, 0.717) is 11.3 Å². The Morgan fingerprint density at radius 1 is 1.06 bits per heavy atom. The van der Waals surface area contributed by atoms with E-state index in [9.17, 15) is 9.59 Å². The molecule has 0 aliphatic heterocycles. The number of thioether (sulfide) groups is 1. The summed E-state index contributed by atoms with van der Waals surface area (Å²) in [5.74, 6) is 0.0351. The van der Waals surface area contributed by atoms with Crippen molar-refractivity contribution < 1.29 is 14.3 Å². The van der Waals surface area contributed by atoms with E-state index in [1.807, 2.05) is 43.3 Å². The highest BCUT2D eigenvalue weighted by molar-refractivity contribution is 8.01. The molecule has 32 heavy (non-hydrogen) atoms. The van der Waals surface area contributed by atoms with Gasteiger partial charge in [-0.15, -0.1) is 11.3 Å². The smallest absolute Gasteiger partial charge is 0.343 e. The van der Waals surface area contributed by atoms with Gasteiger partial charge < -0.3 is 4.74 Å². The summed E-state index contributed by atoms with van der Waals surface area (Å²) in [6.45, 7) is 1.96. The van der Waals surface area contributed by atoms with Gasteiger partial charge in [0.2, 0.25) is 0 Å². The summed E-state index contributed by atoms with van der Waals surface area (Å²) in [7, 11) is 0. The third-order valence-electron chi connectivity index (χ3n) is 4.38. The second-order valence-electron chi connectivity index (χ2n) is 6.85. The van der Waals surface area contributed by atoms with E-state index in [-0.39, 0.29) is 11.7 Å². The Labute approximate surface area is 193 Å². The first-order chi connectivity index (χ1) is 15.6. The minimum absolute atomic E-state index is 0.214. The number of benzene rings is 3. The lowest BCUT2D eigenvalue weighted by atomic mass is 10.1. The van der Waals surface area contributed by atoms with Crippen LogP contribution in [0.4, 0.5) is 0 Å². The Morgan fingerprint density at radius 3 is 2.56 bits per heavy atom. The van der Waals surface area contributed by atoms with Crippen LogP contribution in [0.2, 0.25) is 0 Å². The number of nitrogens with zero attached hydrogens (tertiary/aromatic N) is 2. The zero-order valence-electron chi connectivity index (χ0n) is 17.1. The van der Waals surface area contributed by atoms with E-state index < -0.39 is 5.97 Å². The number of carbonyl (C=O) groups excluding carboxylic acids is 2. The minimum atomic E-state index is -0.413. The summed E-state index contributed by atoms with van der Waals surface area (Å²) < 4.78 is 7.32. The van der Waals surface area contributed by atoms with Crippen molar-refractivity contribution in [1.29, 1.82) is 0 Å². The van der Waals surface area contributed by atoms with Crippen molar-refractivity contribution in [1.82, 2.24) is 10.4 Å². The Balaban J connectivity index is 1.24. The first-order valence-corrected chi connectivity index (χ1v) is 11.6. The van der Waals surface area contributed by atoms with Crippen LogP contribution in [-0.2, 0) is 4.79 Å². The van der Waals surface area contributed by atoms with Crippen LogP contribution in [0.25, 0.3) is 10.2 Å². The Morgan fingerprint density at radius 2 is 1.81 bits per heavy atom. The molecule has 0 bridgehead atoms. The lowest BCUT2D eigenvalue weighted by Gasteiger charge is -2.05. The Kier molecular flexibility index (Phi) is 6.94. The number of rotatable bonds is 7. The van der Waals surface area contributed by atoms with Gasteiger partial charge in [-0.25, -0.2) is 15.2 Å². The zero-order valence-corrected chi connectivity index (χ0v) is 18.8. The molecule has 1 aromatic heterocycles. The van der Waals surface area contributed by atoms with Crippen LogP contribution in [0.3, 0.4) is 0 Å². The molecule has 0 aliphatic rings. The largest absolute Gasteiger partial charge is 0.423 e. The number of para-hydroxylation sites is 1. The summed E-state index contributed by atoms with van der Waals surface area (Å²) in [6, 6.07) is 21.9. The quantitative estimate of drug-likeness (QED) is 0.137. The van der Waals surface area contributed by atoms with Crippen LogP contribution in [0.1, 0.15) is 21.5 Å². The molecule has 0 aliphatic carbocycles. The van der Waals surface area contributed by atoms with Crippen LogP contribution >= 0.6 is 23.1 Å². The molecule has 6 nitrogen and oxygen atoms in total. The fraction of sp³-hybridized carbons (Fsp3) is 0.0833. The normalized spacial score (nSPS) is 11.0. The van der Waals surface area contributed by atoms with Gasteiger partial charge in [0.05, 0.1) is 27.7 Å². The standard InChI is InChI=1S/C24H19N3O3S2/c1-16-6-10-18(11-7-16)23(29)30-19-12-8-17(9-13-19)14-25-27-22(28)15-31-24-26-20-4-2-3-5-21(20)32-24/h2-14H,15H2,1H3,(H,27,28)/b25-14-. The number of carbonyl (C=O) groups is 2. The predicted octanol–water partition coefficient (Wildman–Crippen LogP) is 5.07. The first kappa shape index (κ1) is 21.7. The van der Waals surface area contributed by atoms with Crippen molar-refractivity contribution in [3.05, 3.63) is 89.5 Å². The van der Waals surface area contributed by atoms with E-state index in [0.717, 1.165) is 25.7 Å². The first-order valence-electron chi connectivity index (χ1n) is 9.76. The molecular weight excluding hydrogens is 442 g/mol. The fourth-order valence-corrected chi connectivity index (χ4v) is 4.59. The topological polar surface area (TPSA) is 80.6 Å². The molecule has 0 saturated heterocycles. The number of aryl methyl sites for hydroxylation is 1. The Hall–Kier alpha value is -3.49. The monoisotopic (exact) mass is 461 g/mol. The number of hydrogen-bond donors (Lipinski definition) is 1. The van der Waals surface area contributed by atoms with Gasteiger partial charge in [-0.3, -0.25) is 4.79 Å². The summed E-state index contributed by atoms with van der Waals surface area (Å²) in [4.78, 5) is 28.7. The van der Waals surface area contributed by atoms with Gasteiger partial charge in [0, 0.05) is 0 Å². The molecule has 0 radical (unpaired) electrons. The highest BCUT2D eigenvalue weighted by Crippen LogP contribution is 2.29. The van der Waals surface area contributed by atoms with Crippen LogP contribution in [-0.4, -0.2) is 28.8 Å². The summed E-state index contributed by atoms with van der Waals surface area (Å²) in [5, 5.41) is 3.98. The molecule has 0 saturated carbocycles. The molecule has 0 fully saturated rings. The van der Waals surface area contributed by atoms with Crippen molar-refractivity contribution >= 4 is 51.4 Å². The maximum Gasteiger partial charge on any atom is 0.343 e. The van der Waals surface area contributed by atoms with E-state index in [1.165, 1.54) is 18.0 Å². The number of esters is 1. The second kappa shape index (κ2) is 10.2. The van der Waals surface area contributed by atoms with Crippen molar-refractivity contribution in [3.63, 3.8) is 0 Å². The van der Waals surface area contributed by atoms with Crippen molar-refractivity contribution in [2.45, 2.75) is 11.3 Å². The van der Waals surface area contributed by atoms with Gasteiger partial charge in [0.25, 0.3) is 5.91 Å². The molecule has 4 rings (SSSR count). The molecule has 4 aromatic rings.